The normalized spacial score (nSPS) is 12.5. The zero-order valence-electron chi connectivity index (χ0n) is 23.5. The highest BCUT2D eigenvalue weighted by Crippen LogP contribution is 2.29. The number of amides is 1. The first-order valence-electron chi connectivity index (χ1n) is 13.5. The molecule has 1 aromatic heterocycles. The minimum atomic E-state index is 0.0590. The van der Waals surface area contributed by atoms with E-state index >= 15 is 0 Å². The number of halogens is 1. The number of hydrogen-bond acceptors (Lipinski definition) is 7. The number of hydrogen-bond donors (Lipinski definition) is 0. The quantitative estimate of drug-likeness (QED) is 0.122. The SMILES string of the molecule is COc1ccc(CCN(C)c2cc(Cl)nc(SCc3cccc(C(=O)N4CCc5ccccc5C4)c3)n2)cc1OC. The molecule has 0 unspecified atom stereocenters. The van der Waals surface area contributed by atoms with Gasteiger partial charge in [-0.2, -0.15) is 0 Å². The summed E-state index contributed by atoms with van der Waals surface area (Å²) in [7, 11) is 5.25. The third-order valence-electron chi connectivity index (χ3n) is 7.20. The van der Waals surface area contributed by atoms with E-state index in [1.165, 1.54) is 22.9 Å². The molecule has 1 aliphatic rings. The summed E-state index contributed by atoms with van der Waals surface area (Å²) < 4.78 is 10.8. The number of ether oxygens (including phenoxy) is 2. The van der Waals surface area contributed by atoms with Gasteiger partial charge in [0.25, 0.3) is 5.91 Å². The fourth-order valence-electron chi connectivity index (χ4n) is 4.89. The molecule has 1 aliphatic heterocycles. The van der Waals surface area contributed by atoms with Crippen molar-refractivity contribution in [1.82, 2.24) is 14.9 Å². The summed E-state index contributed by atoms with van der Waals surface area (Å²) in [5.74, 6) is 2.86. The van der Waals surface area contributed by atoms with E-state index in [4.69, 9.17) is 26.1 Å². The zero-order valence-corrected chi connectivity index (χ0v) is 25.0. The van der Waals surface area contributed by atoms with Crippen LogP contribution in [0.3, 0.4) is 0 Å². The van der Waals surface area contributed by atoms with Gasteiger partial charge in [-0.25, -0.2) is 9.97 Å². The number of anilines is 1. The lowest BCUT2D eigenvalue weighted by Gasteiger charge is -2.29. The van der Waals surface area contributed by atoms with E-state index in [-0.39, 0.29) is 5.91 Å². The van der Waals surface area contributed by atoms with Crippen molar-refractivity contribution in [1.29, 1.82) is 0 Å². The van der Waals surface area contributed by atoms with Gasteiger partial charge < -0.3 is 19.3 Å². The molecule has 2 heterocycles. The Kier molecular flexibility index (Phi) is 9.31. The summed E-state index contributed by atoms with van der Waals surface area (Å²) in [6.45, 7) is 2.11. The molecule has 212 valence electrons. The summed E-state index contributed by atoms with van der Waals surface area (Å²) in [4.78, 5) is 26.5. The van der Waals surface area contributed by atoms with Crippen molar-refractivity contribution >= 4 is 35.1 Å². The monoisotopic (exact) mass is 588 g/mol. The smallest absolute Gasteiger partial charge is 0.254 e. The Morgan fingerprint density at radius 3 is 2.56 bits per heavy atom. The van der Waals surface area contributed by atoms with Crippen molar-refractivity contribution in [3.05, 3.63) is 106 Å². The topological polar surface area (TPSA) is 67.8 Å². The molecule has 0 N–H and O–H groups in total. The number of carbonyl (C=O) groups is 1. The summed E-state index contributed by atoms with van der Waals surface area (Å²) >= 11 is 7.88. The molecule has 0 atom stereocenters. The first-order valence-corrected chi connectivity index (χ1v) is 14.8. The van der Waals surface area contributed by atoms with Crippen LogP contribution in [0.1, 0.15) is 32.6 Å². The third kappa shape index (κ3) is 7.13. The summed E-state index contributed by atoms with van der Waals surface area (Å²) in [6, 6.07) is 23.9. The Morgan fingerprint density at radius 1 is 0.951 bits per heavy atom. The van der Waals surface area contributed by atoms with Crippen molar-refractivity contribution in [2.45, 2.75) is 30.3 Å². The number of benzene rings is 3. The van der Waals surface area contributed by atoms with Crippen molar-refractivity contribution < 1.29 is 14.3 Å². The van der Waals surface area contributed by atoms with E-state index in [1.807, 2.05) is 60.5 Å². The van der Waals surface area contributed by atoms with Crippen LogP contribution in [0.5, 0.6) is 11.5 Å². The minimum absolute atomic E-state index is 0.0590. The van der Waals surface area contributed by atoms with Gasteiger partial charge in [-0.05, 0) is 59.4 Å². The van der Waals surface area contributed by atoms with Gasteiger partial charge in [-0.3, -0.25) is 4.79 Å². The van der Waals surface area contributed by atoms with Crippen molar-refractivity contribution in [2.75, 3.05) is 39.3 Å². The minimum Gasteiger partial charge on any atom is -0.493 e. The van der Waals surface area contributed by atoms with Gasteiger partial charge in [0.05, 0.1) is 14.2 Å². The van der Waals surface area contributed by atoms with Crippen LogP contribution in [0.25, 0.3) is 0 Å². The fourth-order valence-corrected chi connectivity index (χ4v) is 5.91. The number of thioether (sulfide) groups is 1. The second-order valence-corrected chi connectivity index (χ2v) is 11.3. The Balaban J connectivity index is 1.20. The zero-order chi connectivity index (χ0) is 28.8. The van der Waals surface area contributed by atoms with Crippen LogP contribution in [0.2, 0.25) is 5.15 Å². The number of methoxy groups -OCH3 is 2. The van der Waals surface area contributed by atoms with E-state index < -0.39 is 0 Å². The molecule has 4 aromatic rings. The van der Waals surface area contributed by atoms with Gasteiger partial charge in [0.1, 0.15) is 11.0 Å². The first-order chi connectivity index (χ1) is 19.9. The van der Waals surface area contributed by atoms with Gasteiger partial charge >= 0.3 is 0 Å². The van der Waals surface area contributed by atoms with Crippen LogP contribution < -0.4 is 14.4 Å². The molecule has 7 nitrogen and oxygen atoms in total. The molecule has 5 rings (SSSR count). The van der Waals surface area contributed by atoms with E-state index in [9.17, 15) is 4.79 Å². The lowest BCUT2D eigenvalue weighted by molar-refractivity contribution is 0.0734. The number of likely N-dealkylation sites (N-methyl/N-ethyl adjacent to an activating group) is 1. The van der Waals surface area contributed by atoms with Gasteiger partial charge in [-0.1, -0.05) is 65.8 Å². The lowest BCUT2D eigenvalue weighted by atomic mass is 9.99. The van der Waals surface area contributed by atoms with Crippen LogP contribution in [0.4, 0.5) is 5.82 Å². The van der Waals surface area contributed by atoms with Crippen LogP contribution >= 0.6 is 23.4 Å². The number of carbonyl (C=O) groups excluding carboxylic acids is 1. The number of aromatic nitrogens is 2. The van der Waals surface area contributed by atoms with Crippen molar-refractivity contribution in [3.8, 4) is 11.5 Å². The molecule has 0 aliphatic carbocycles. The summed E-state index contributed by atoms with van der Waals surface area (Å²) in [5, 5.41) is 0.986. The molecule has 41 heavy (non-hydrogen) atoms. The second kappa shape index (κ2) is 13.3. The Hall–Kier alpha value is -3.75. The van der Waals surface area contributed by atoms with E-state index in [2.05, 4.69) is 28.1 Å². The molecule has 0 fully saturated rings. The fraction of sp³-hybridized carbons (Fsp3) is 0.281. The van der Waals surface area contributed by atoms with Gasteiger partial charge in [0.2, 0.25) is 0 Å². The van der Waals surface area contributed by atoms with Crippen molar-refractivity contribution in [2.24, 2.45) is 0 Å². The number of fused-ring (bicyclic) bond motifs is 1. The molecular formula is C32H33ClN4O3S. The standard InChI is InChI=1S/C32H33ClN4O3S/c1-36(15-13-22-11-12-27(39-2)28(18-22)40-3)30-19-29(33)34-32(35-30)41-21-23-7-6-10-25(17-23)31(38)37-16-14-24-8-4-5-9-26(24)20-37/h4-12,17-19H,13-16,20-21H2,1-3H3. The largest absolute Gasteiger partial charge is 0.493 e. The van der Waals surface area contributed by atoms with E-state index in [1.54, 1.807) is 20.3 Å². The average Bonchev–Trinajstić information content (AvgIpc) is 3.01. The van der Waals surface area contributed by atoms with Crippen LogP contribution in [0, 0.1) is 0 Å². The van der Waals surface area contributed by atoms with Gasteiger partial charge in [0.15, 0.2) is 16.7 Å². The molecule has 0 saturated heterocycles. The Labute approximate surface area is 250 Å². The predicted molar refractivity (Wildman–Crippen MR) is 164 cm³/mol. The lowest BCUT2D eigenvalue weighted by Crippen LogP contribution is -2.35. The van der Waals surface area contributed by atoms with Crippen LogP contribution in [0.15, 0.2) is 78.0 Å². The highest BCUT2D eigenvalue weighted by molar-refractivity contribution is 7.98. The Morgan fingerprint density at radius 2 is 1.76 bits per heavy atom. The summed E-state index contributed by atoms with van der Waals surface area (Å²) in [6.07, 6.45) is 1.68. The molecule has 0 radical (unpaired) electrons. The van der Waals surface area contributed by atoms with Crippen molar-refractivity contribution in [3.63, 3.8) is 0 Å². The highest BCUT2D eigenvalue weighted by atomic mass is 35.5. The Bertz CT molecular complexity index is 1530. The van der Waals surface area contributed by atoms with E-state index in [0.717, 1.165) is 42.9 Å². The molecule has 0 saturated carbocycles. The number of rotatable bonds is 10. The molecule has 3 aromatic carbocycles. The summed E-state index contributed by atoms with van der Waals surface area (Å²) in [5.41, 5.74) is 5.42. The van der Waals surface area contributed by atoms with Gasteiger partial charge in [-0.15, -0.1) is 0 Å². The number of nitrogens with zero attached hydrogens (tertiary/aromatic N) is 4. The highest BCUT2D eigenvalue weighted by Gasteiger charge is 2.21. The molecule has 0 bridgehead atoms. The van der Waals surface area contributed by atoms with Crippen LogP contribution in [-0.4, -0.2) is 55.1 Å². The maximum Gasteiger partial charge on any atom is 0.254 e. The molecule has 0 spiro atoms. The second-order valence-electron chi connectivity index (χ2n) is 9.93. The molecular weight excluding hydrogens is 556 g/mol. The molecule has 9 heteroatoms. The third-order valence-corrected chi connectivity index (χ3v) is 8.31. The van der Waals surface area contributed by atoms with Crippen LogP contribution in [-0.2, 0) is 25.1 Å². The molecule has 1 amide bonds. The first kappa shape index (κ1) is 28.8. The average molecular weight is 589 g/mol. The van der Waals surface area contributed by atoms with Gasteiger partial charge in [0, 0.05) is 44.1 Å². The predicted octanol–water partition coefficient (Wildman–Crippen LogP) is 6.32. The maximum absolute atomic E-state index is 13.3. The maximum atomic E-state index is 13.3. The van der Waals surface area contributed by atoms with E-state index in [0.29, 0.717) is 39.7 Å².